The number of nitrogens with zero attached hydrogens (tertiary/aromatic N) is 5. The van der Waals surface area contributed by atoms with E-state index >= 15 is 0 Å². The van der Waals surface area contributed by atoms with Gasteiger partial charge in [-0.1, -0.05) is 29.8 Å². The van der Waals surface area contributed by atoms with Crippen molar-refractivity contribution < 1.29 is 0 Å². The molecule has 8 heteroatoms. The van der Waals surface area contributed by atoms with Crippen molar-refractivity contribution in [3.8, 4) is 17.3 Å². The lowest BCUT2D eigenvalue weighted by atomic mass is 10.1. The van der Waals surface area contributed by atoms with Crippen LogP contribution < -0.4 is 5.32 Å². The number of aromatic amines is 1. The van der Waals surface area contributed by atoms with Crippen LogP contribution in [0.3, 0.4) is 0 Å². The highest BCUT2D eigenvalue weighted by molar-refractivity contribution is 6.30. The summed E-state index contributed by atoms with van der Waals surface area (Å²) >= 11 is 6.05. The fourth-order valence-electron chi connectivity index (χ4n) is 4.26. The number of nitrogens with one attached hydrogen (secondary N) is 2. The highest BCUT2D eigenvalue weighted by Gasteiger charge is 2.28. The van der Waals surface area contributed by atoms with E-state index in [1.165, 1.54) is 0 Å². The average molecular weight is 456 g/mol. The number of hydrogen-bond acceptors (Lipinski definition) is 6. The van der Waals surface area contributed by atoms with Crippen molar-refractivity contribution >= 4 is 23.1 Å². The summed E-state index contributed by atoms with van der Waals surface area (Å²) in [6.07, 6.45) is 5.73. The van der Waals surface area contributed by atoms with Gasteiger partial charge in [0.2, 0.25) is 0 Å². The molecule has 1 aromatic carbocycles. The molecule has 1 atom stereocenters. The Hall–Kier alpha value is -3.73. The number of pyridine rings is 2. The molecular formula is C25H22ClN7. The van der Waals surface area contributed by atoms with Gasteiger partial charge in [-0.25, -0.2) is 9.97 Å². The van der Waals surface area contributed by atoms with E-state index in [2.05, 4.69) is 31.5 Å². The number of aromatic nitrogens is 4. The predicted molar refractivity (Wildman–Crippen MR) is 128 cm³/mol. The summed E-state index contributed by atoms with van der Waals surface area (Å²) in [4.78, 5) is 11.4. The summed E-state index contributed by atoms with van der Waals surface area (Å²) in [7, 11) is 0. The number of likely N-dealkylation sites (tertiary alicyclic amines) is 1. The topological polar surface area (TPSA) is 93.5 Å². The first-order valence-electron chi connectivity index (χ1n) is 10.8. The Morgan fingerprint density at radius 2 is 2.00 bits per heavy atom. The van der Waals surface area contributed by atoms with Crippen LogP contribution >= 0.6 is 11.6 Å². The van der Waals surface area contributed by atoms with E-state index in [1.54, 1.807) is 12.3 Å². The fraction of sp³-hybridized carbons (Fsp3) is 0.200. The smallest absolute Gasteiger partial charge is 0.140 e. The molecule has 0 amide bonds. The van der Waals surface area contributed by atoms with Crippen LogP contribution in [0.15, 0.2) is 67.0 Å². The first-order valence-corrected chi connectivity index (χ1v) is 11.2. The zero-order valence-corrected chi connectivity index (χ0v) is 18.6. The fourth-order valence-corrected chi connectivity index (χ4v) is 4.38. The highest BCUT2D eigenvalue weighted by atomic mass is 35.5. The molecule has 5 rings (SSSR count). The van der Waals surface area contributed by atoms with Gasteiger partial charge in [-0.15, -0.1) is 0 Å². The molecule has 164 valence electrons. The molecule has 0 spiro atoms. The third-order valence-corrected chi connectivity index (χ3v) is 6.10. The molecule has 1 fully saturated rings. The van der Waals surface area contributed by atoms with Crippen LogP contribution in [0.1, 0.15) is 35.8 Å². The average Bonchev–Trinajstić information content (AvgIpc) is 3.50. The molecule has 0 radical (unpaired) electrons. The standard InChI is InChI=1S/C25H22ClN7/c26-19-8-6-17(7-9-19)25-18(14-29-32-25)16-33-12-2-4-23(33)22-3-1-5-24(31-22)30-21-11-10-20(13-27)28-15-21/h1,3,5-11,14-15,23H,2,4,12,16H2,(H,29,32)(H,30,31)/t23-/m1/s1. The van der Waals surface area contributed by atoms with Crippen molar-refractivity contribution in [2.45, 2.75) is 25.4 Å². The van der Waals surface area contributed by atoms with Crippen LogP contribution in [0.5, 0.6) is 0 Å². The predicted octanol–water partition coefficient (Wildman–Crippen LogP) is 5.47. The zero-order chi connectivity index (χ0) is 22.6. The van der Waals surface area contributed by atoms with Gasteiger partial charge in [0.15, 0.2) is 0 Å². The lowest BCUT2D eigenvalue weighted by molar-refractivity contribution is 0.245. The van der Waals surface area contributed by atoms with Crippen molar-refractivity contribution in [2.24, 2.45) is 0 Å². The Labute approximate surface area is 197 Å². The number of H-pyrrole nitrogens is 1. The molecule has 0 saturated carbocycles. The second kappa shape index (κ2) is 9.41. The largest absolute Gasteiger partial charge is 0.339 e. The summed E-state index contributed by atoms with van der Waals surface area (Å²) in [5.41, 5.74) is 5.48. The molecule has 0 aliphatic carbocycles. The summed E-state index contributed by atoms with van der Waals surface area (Å²) in [5.74, 6) is 0.760. The van der Waals surface area contributed by atoms with E-state index in [0.29, 0.717) is 5.69 Å². The summed E-state index contributed by atoms with van der Waals surface area (Å²) < 4.78 is 0. The van der Waals surface area contributed by atoms with Crippen LogP contribution in [0.2, 0.25) is 5.02 Å². The first kappa shape index (κ1) is 21.1. The molecule has 4 aromatic rings. The monoisotopic (exact) mass is 455 g/mol. The second-order valence-electron chi connectivity index (χ2n) is 8.02. The normalized spacial score (nSPS) is 15.9. The Kier molecular flexibility index (Phi) is 6.03. The summed E-state index contributed by atoms with van der Waals surface area (Å²) in [6.45, 7) is 1.80. The van der Waals surface area contributed by atoms with Gasteiger partial charge in [0, 0.05) is 17.1 Å². The van der Waals surface area contributed by atoms with Gasteiger partial charge in [0.25, 0.3) is 0 Å². The third kappa shape index (κ3) is 4.72. The van der Waals surface area contributed by atoms with E-state index in [0.717, 1.165) is 65.0 Å². The van der Waals surface area contributed by atoms with Crippen molar-refractivity contribution in [1.82, 2.24) is 25.1 Å². The molecule has 1 aliphatic rings. The van der Waals surface area contributed by atoms with Crippen molar-refractivity contribution in [3.05, 3.63) is 89.0 Å². The number of anilines is 2. The number of rotatable bonds is 6. The van der Waals surface area contributed by atoms with Crippen molar-refractivity contribution in [3.63, 3.8) is 0 Å². The number of nitriles is 1. The van der Waals surface area contributed by atoms with Gasteiger partial charge in [0.1, 0.15) is 17.6 Å². The molecule has 0 unspecified atom stereocenters. The summed E-state index contributed by atoms with van der Waals surface area (Å²) in [6, 6.07) is 19.6. The Balaban J connectivity index is 1.33. The minimum atomic E-state index is 0.235. The van der Waals surface area contributed by atoms with Crippen molar-refractivity contribution in [2.75, 3.05) is 11.9 Å². The maximum Gasteiger partial charge on any atom is 0.140 e. The van der Waals surface area contributed by atoms with Crippen LogP contribution in [0.4, 0.5) is 11.5 Å². The third-order valence-electron chi connectivity index (χ3n) is 5.85. The Morgan fingerprint density at radius 3 is 2.79 bits per heavy atom. The van der Waals surface area contributed by atoms with Gasteiger partial charge in [-0.2, -0.15) is 10.4 Å². The molecule has 2 N–H and O–H groups in total. The quantitative estimate of drug-likeness (QED) is 0.400. The maximum atomic E-state index is 8.92. The van der Waals surface area contributed by atoms with Gasteiger partial charge < -0.3 is 5.32 Å². The lowest BCUT2D eigenvalue weighted by Gasteiger charge is -2.24. The van der Waals surface area contributed by atoms with Crippen LogP contribution in [0.25, 0.3) is 11.3 Å². The number of benzene rings is 1. The lowest BCUT2D eigenvalue weighted by Crippen LogP contribution is -2.23. The Bertz CT molecular complexity index is 1280. The zero-order valence-electron chi connectivity index (χ0n) is 17.9. The van der Waals surface area contributed by atoms with Crippen LogP contribution in [-0.4, -0.2) is 31.6 Å². The minimum absolute atomic E-state index is 0.235. The van der Waals surface area contributed by atoms with E-state index in [1.807, 2.05) is 54.7 Å². The SMILES string of the molecule is N#Cc1ccc(Nc2cccc([C@H]3CCCN3Cc3cn[nH]c3-c3ccc(Cl)cc3)n2)cn1. The van der Waals surface area contributed by atoms with Gasteiger partial charge >= 0.3 is 0 Å². The van der Waals surface area contributed by atoms with E-state index in [-0.39, 0.29) is 6.04 Å². The van der Waals surface area contributed by atoms with Gasteiger partial charge in [0.05, 0.1) is 35.5 Å². The highest BCUT2D eigenvalue weighted by Crippen LogP contribution is 2.34. The van der Waals surface area contributed by atoms with E-state index < -0.39 is 0 Å². The maximum absolute atomic E-state index is 8.92. The first-order chi connectivity index (χ1) is 16.2. The number of halogens is 1. The number of hydrogen-bond donors (Lipinski definition) is 2. The summed E-state index contributed by atoms with van der Waals surface area (Å²) in [5, 5.41) is 20.4. The molecule has 33 heavy (non-hydrogen) atoms. The molecule has 0 bridgehead atoms. The second-order valence-corrected chi connectivity index (χ2v) is 8.46. The molecule has 3 aromatic heterocycles. The minimum Gasteiger partial charge on any atom is -0.339 e. The Morgan fingerprint density at radius 1 is 1.12 bits per heavy atom. The molecular weight excluding hydrogens is 434 g/mol. The molecule has 1 aliphatic heterocycles. The molecule has 7 nitrogen and oxygen atoms in total. The van der Waals surface area contributed by atoms with Crippen molar-refractivity contribution in [1.29, 1.82) is 5.26 Å². The van der Waals surface area contributed by atoms with E-state index in [4.69, 9.17) is 21.8 Å². The van der Waals surface area contributed by atoms with Gasteiger partial charge in [-0.05, 0) is 61.3 Å². The molecule has 4 heterocycles. The van der Waals surface area contributed by atoms with E-state index in [9.17, 15) is 0 Å². The van der Waals surface area contributed by atoms with Gasteiger partial charge in [-0.3, -0.25) is 10.00 Å². The van der Waals surface area contributed by atoms with Crippen LogP contribution in [-0.2, 0) is 6.54 Å². The van der Waals surface area contributed by atoms with Crippen LogP contribution in [0, 0.1) is 11.3 Å². The molecule has 1 saturated heterocycles.